The Morgan fingerprint density at radius 1 is 0.828 bits per heavy atom. The summed E-state index contributed by atoms with van der Waals surface area (Å²) in [5.41, 5.74) is 2.50. The fraction of sp³-hybridized carbons (Fsp3) is 0.615. The quantitative estimate of drug-likeness (QED) is 0.376. The molecule has 0 aliphatic heterocycles. The molecule has 1 aromatic heterocycles. The van der Waals surface area contributed by atoms with E-state index in [1.54, 1.807) is 12.4 Å². The van der Waals surface area contributed by atoms with E-state index in [0.29, 0.717) is 6.61 Å². The van der Waals surface area contributed by atoms with Crippen LogP contribution in [-0.2, 0) is 6.42 Å². The van der Waals surface area contributed by atoms with Gasteiger partial charge in [0.15, 0.2) is 11.6 Å². The van der Waals surface area contributed by atoms with E-state index >= 15 is 0 Å². The van der Waals surface area contributed by atoms with Crippen LogP contribution in [0.2, 0.25) is 0 Å². The zero-order valence-corrected chi connectivity index (χ0v) is 18.4. The van der Waals surface area contributed by atoms with E-state index in [-0.39, 0.29) is 0 Å². The molecular formula is C26H38N2O. The Balaban J connectivity index is 1.42. The summed E-state index contributed by atoms with van der Waals surface area (Å²) in [7, 11) is 0. The fourth-order valence-electron chi connectivity index (χ4n) is 4.44. The van der Waals surface area contributed by atoms with Crippen molar-refractivity contribution in [3.8, 4) is 17.1 Å². The first-order chi connectivity index (χ1) is 14.3. The number of ether oxygens (including phenoxy) is 1. The highest BCUT2D eigenvalue weighted by Gasteiger charge is 2.20. The molecule has 1 heterocycles. The molecule has 0 saturated heterocycles. The summed E-state index contributed by atoms with van der Waals surface area (Å²) in [5.74, 6) is 3.45. The van der Waals surface area contributed by atoms with Crippen LogP contribution in [0.5, 0.6) is 5.75 Å². The van der Waals surface area contributed by atoms with Gasteiger partial charge in [-0.1, -0.05) is 89.5 Å². The lowest BCUT2D eigenvalue weighted by atomic mass is 9.78. The molecule has 158 valence electrons. The van der Waals surface area contributed by atoms with Gasteiger partial charge < -0.3 is 4.74 Å². The molecule has 1 saturated carbocycles. The normalized spacial score (nSPS) is 19.2. The number of unbranched alkanes of at least 4 members (excludes halogenated alkanes) is 2. The van der Waals surface area contributed by atoms with Gasteiger partial charge in [0, 0.05) is 5.56 Å². The fourth-order valence-corrected chi connectivity index (χ4v) is 4.44. The van der Waals surface area contributed by atoms with Crippen molar-refractivity contribution in [1.82, 2.24) is 9.97 Å². The van der Waals surface area contributed by atoms with Gasteiger partial charge in [-0.15, -0.1) is 0 Å². The maximum Gasteiger partial charge on any atom is 0.159 e. The Kier molecular flexibility index (Phi) is 8.98. The SMILES string of the molecule is CCCCC[C@H]1CC[C@H](CCc2ccc(-c3ncc(OCCC)cn3)cc2)CC1. The first kappa shape index (κ1) is 21.8. The van der Waals surface area contributed by atoms with Crippen molar-refractivity contribution in [2.45, 2.75) is 84.5 Å². The highest BCUT2D eigenvalue weighted by molar-refractivity contribution is 5.55. The average molecular weight is 395 g/mol. The van der Waals surface area contributed by atoms with Crippen LogP contribution in [0, 0.1) is 11.8 Å². The number of rotatable bonds is 11. The Labute approximate surface area is 177 Å². The third-order valence-corrected chi connectivity index (χ3v) is 6.34. The van der Waals surface area contributed by atoms with Crippen LogP contribution in [0.25, 0.3) is 11.4 Å². The molecule has 0 N–H and O–H groups in total. The molecule has 2 aromatic rings. The van der Waals surface area contributed by atoms with E-state index in [1.807, 2.05) is 0 Å². The molecule has 29 heavy (non-hydrogen) atoms. The lowest BCUT2D eigenvalue weighted by Crippen LogP contribution is -2.15. The molecule has 1 aliphatic rings. The van der Waals surface area contributed by atoms with Crippen LogP contribution in [0.3, 0.4) is 0 Å². The van der Waals surface area contributed by atoms with Gasteiger partial charge in [0.2, 0.25) is 0 Å². The van der Waals surface area contributed by atoms with Crippen molar-refractivity contribution in [3.63, 3.8) is 0 Å². The molecule has 1 aromatic carbocycles. The van der Waals surface area contributed by atoms with Crippen molar-refractivity contribution in [2.24, 2.45) is 11.8 Å². The van der Waals surface area contributed by atoms with Gasteiger partial charge >= 0.3 is 0 Å². The second-order valence-corrected chi connectivity index (χ2v) is 8.71. The minimum Gasteiger partial charge on any atom is -0.490 e. The Morgan fingerprint density at radius 3 is 2.10 bits per heavy atom. The second-order valence-electron chi connectivity index (χ2n) is 8.71. The largest absolute Gasteiger partial charge is 0.490 e. The first-order valence-electron chi connectivity index (χ1n) is 11.8. The smallest absolute Gasteiger partial charge is 0.159 e. The van der Waals surface area contributed by atoms with Gasteiger partial charge in [0.1, 0.15) is 0 Å². The molecule has 1 fully saturated rings. The van der Waals surface area contributed by atoms with Crippen molar-refractivity contribution >= 4 is 0 Å². The monoisotopic (exact) mass is 394 g/mol. The van der Waals surface area contributed by atoms with Crippen LogP contribution in [0.4, 0.5) is 0 Å². The molecular weight excluding hydrogens is 356 g/mol. The van der Waals surface area contributed by atoms with Crippen LogP contribution in [0.1, 0.15) is 83.6 Å². The third-order valence-electron chi connectivity index (χ3n) is 6.34. The van der Waals surface area contributed by atoms with Gasteiger partial charge in [0.25, 0.3) is 0 Å². The molecule has 3 heteroatoms. The predicted molar refractivity (Wildman–Crippen MR) is 121 cm³/mol. The highest BCUT2D eigenvalue weighted by Crippen LogP contribution is 2.34. The van der Waals surface area contributed by atoms with Crippen molar-refractivity contribution in [1.29, 1.82) is 0 Å². The highest BCUT2D eigenvalue weighted by atomic mass is 16.5. The van der Waals surface area contributed by atoms with Crippen LogP contribution < -0.4 is 4.74 Å². The Morgan fingerprint density at radius 2 is 1.48 bits per heavy atom. The lowest BCUT2D eigenvalue weighted by Gasteiger charge is -2.28. The van der Waals surface area contributed by atoms with Crippen LogP contribution >= 0.6 is 0 Å². The van der Waals surface area contributed by atoms with E-state index in [0.717, 1.165) is 35.4 Å². The molecule has 0 unspecified atom stereocenters. The number of hydrogen-bond acceptors (Lipinski definition) is 3. The minimum absolute atomic E-state index is 0.706. The Bertz CT molecular complexity index is 688. The maximum absolute atomic E-state index is 5.56. The van der Waals surface area contributed by atoms with E-state index in [1.165, 1.54) is 69.8 Å². The van der Waals surface area contributed by atoms with Crippen molar-refractivity contribution < 1.29 is 4.74 Å². The molecule has 0 bridgehead atoms. The summed E-state index contributed by atoms with van der Waals surface area (Å²) >= 11 is 0. The number of nitrogens with zero attached hydrogens (tertiary/aromatic N) is 2. The number of aromatic nitrogens is 2. The van der Waals surface area contributed by atoms with Gasteiger partial charge in [-0.3, -0.25) is 0 Å². The molecule has 0 spiro atoms. The molecule has 0 atom stereocenters. The number of hydrogen-bond donors (Lipinski definition) is 0. The van der Waals surface area contributed by atoms with Crippen molar-refractivity contribution in [3.05, 3.63) is 42.2 Å². The lowest BCUT2D eigenvalue weighted by molar-refractivity contribution is 0.249. The zero-order chi connectivity index (χ0) is 20.3. The predicted octanol–water partition coefficient (Wildman–Crippen LogP) is 7.25. The van der Waals surface area contributed by atoms with Crippen LogP contribution in [-0.4, -0.2) is 16.6 Å². The van der Waals surface area contributed by atoms with Crippen LogP contribution in [0.15, 0.2) is 36.7 Å². The third kappa shape index (κ3) is 7.13. The maximum atomic E-state index is 5.56. The zero-order valence-electron chi connectivity index (χ0n) is 18.4. The number of benzene rings is 1. The van der Waals surface area contributed by atoms with E-state index in [4.69, 9.17) is 4.74 Å². The summed E-state index contributed by atoms with van der Waals surface area (Å²) in [5, 5.41) is 0. The van der Waals surface area contributed by atoms with Gasteiger partial charge in [-0.2, -0.15) is 0 Å². The van der Waals surface area contributed by atoms with Crippen molar-refractivity contribution in [2.75, 3.05) is 6.61 Å². The summed E-state index contributed by atoms with van der Waals surface area (Å²) in [6.45, 7) is 5.10. The number of aryl methyl sites for hydroxylation is 1. The molecule has 1 aliphatic carbocycles. The Hall–Kier alpha value is -1.90. The average Bonchev–Trinajstić information content (AvgIpc) is 2.78. The standard InChI is InChI=1S/C26H38N2O/c1-3-5-6-7-21-8-10-22(11-9-21)12-13-23-14-16-24(17-15-23)26-27-19-25(20-28-26)29-18-4-2/h14-17,19-22H,3-13,18H2,1-2H3/t21-,22-. The van der Waals surface area contributed by atoms with E-state index in [9.17, 15) is 0 Å². The van der Waals surface area contributed by atoms with E-state index in [2.05, 4.69) is 48.1 Å². The minimum atomic E-state index is 0.706. The molecule has 0 radical (unpaired) electrons. The molecule has 0 amide bonds. The molecule has 3 nitrogen and oxygen atoms in total. The summed E-state index contributed by atoms with van der Waals surface area (Å²) in [4.78, 5) is 8.90. The summed E-state index contributed by atoms with van der Waals surface area (Å²) in [6.07, 6.45) is 18.5. The summed E-state index contributed by atoms with van der Waals surface area (Å²) in [6, 6.07) is 8.80. The van der Waals surface area contributed by atoms with Gasteiger partial charge in [0.05, 0.1) is 19.0 Å². The van der Waals surface area contributed by atoms with Gasteiger partial charge in [-0.25, -0.2) is 9.97 Å². The van der Waals surface area contributed by atoms with E-state index < -0.39 is 0 Å². The second kappa shape index (κ2) is 11.9. The summed E-state index contributed by atoms with van der Waals surface area (Å²) < 4.78 is 5.56. The van der Waals surface area contributed by atoms with Gasteiger partial charge in [-0.05, 0) is 36.7 Å². The first-order valence-corrected chi connectivity index (χ1v) is 11.8. The topological polar surface area (TPSA) is 35.0 Å². The molecule has 3 rings (SSSR count).